The van der Waals surface area contributed by atoms with E-state index in [1.54, 1.807) is 42.5 Å². The number of carbonyl (C=O) groups is 2. The Bertz CT molecular complexity index is 727. The van der Waals surface area contributed by atoms with Crippen molar-refractivity contribution in [3.05, 3.63) is 63.6 Å². The van der Waals surface area contributed by atoms with Gasteiger partial charge in [0.05, 0.1) is 17.7 Å². The summed E-state index contributed by atoms with van der Waals surface area (Å²) in [4.78, 5) is 24.5. The molecule has 0 bridgehead atoms. The number of hydrogen-bond acceptors (Lipinski definition) is 2. The van der Waals surface area contributed by atoms with Crippen LogP contribution in [0.15, 0.2) is 42.5 Å². The molecule has 0 spiro atoms. The van der Waals surface area contributed by atoms with Crippen molar-refractivity contribution >= 4 is 40.7 Å². The van der Waals surface area contributed by atoms with Crippen LogP contribution in [0.25, 0.3) is 0 Å². The van der Waals surface area contributed by atoms with Gasteiger partial charge in [-0.3, -0.25) is 9.59 Å². The van der Waals surface area contributed by atoms with Crippen LogP contribution in [0.5, 0.6) is 0 Å². The normalized spacial score (nSPS) is 10.3. The summed E-state index contributed by atoms with van der Waals surface area (Å²) in [5, 5.41) is 6.42. The van der Waals surface area contributed by atoms with Gasteiger partial charge in [0, 0.05) is 16.6 Å². The van der Waals surface area contributed by atoms with E-state index in [2.05, 4.69) is 10.6 Å². The molecule has 2 N–H and O–H groups in total. The highest BCUT2D eigenvalue weighted by atomic mass is 35.5. The summed E-state index contributed by atoms with van der Waals surface area (Å²) in [5.41, 5.74) is 1.44. The van der Waals surface area contributed by atoms with E-state index in [1.165, 1.54) is 0 Å². The van der Waals surface area contributed by atoms with Gasteiger partial charge in [-0.15, -0.1) is 0 Å². The second kappa shape index (κ2) is 8.71. The van der Waals surface area contributed by atoms with E-state index >= 15 is 0 Å². The van der Waals surface area contributed by atoms with Crippen molar-refractivity contribution in [3.63, 3.8) is 0 Å². The van der Waals surface area contributed by atoms with Gasteiger partial charge in [-0.25, -0.2) is 0 Å². The molecule has 24 heavy (non-hydrogen) atoms. The molecular formula is C18H18Cl2N2O2. The molecule has 2 amide bonds. The predicted octanol–water partition coefficient (Wildman–Crippen LogP) is 4.31. The van der Waals surface area contributed by atoms with Crippen LogP contribution in [0.4, 0.5) is 5.69 Å². The summed E-state index contributed by atoms with van der Waals surface area (Å²) in [5.74, 6) is -0.510. The summed E-state index contributed by atoms with van der Waals surface area (Å²) < 4.78 is 0. The van der Waals surface area contributed by atoms with E-state index in [1.807, 2.05) is 6.92 Å². The quantitative estimate of drug-likeness (QED) is 0.801. The Morgan fingerprint density at radius 2 is 1.67 bits per heavy atom. The molecule has 2 rings (SSSR count). The molecule has 0 atom stereocenters. The van der Waals surface area contributed by atoms with Crippen molar-refractivity contribution in [3.8, 4) is 0 Å². The van der Waals surface area contributed by atoms with Gasteiger partial charge in [0.15, 0.2) is 0 Å². The lowest BCUT2D eigenvalue weighted by atomic mass is 10.1. The SMILES string of the molecule is CCCNC(=O)c1ccccc1NC(=O)Cc1c(Cl)cccc1Cl. The lowest BCUT2D eigenvalue weighted by molar-refractivity contribution is -0.115. The monoisotopic (exact) mass is 364 g/mol. The molecule has 2 aromatic rings. The molecule has 4 nitrogen and oxygen atoms in total. The van der Waals surface area contributed by atoms with Crippen LogP contribution >= 0.6 is 23.2 Å². The van der Waals surface area contributed by atoms with Crippen molar-refractivity contribution in [2.75, 3.05) is 11.9 Å². The van der Waals surface area contributed by atoms with E-state index in [4.69, 9.17) is 23.2 Å². The van der Waals surface area contributed by atoms with E-state index in [9.17, 15) is 9.59 Å². The molecule has 0 aromatic heterocycles. The fourth-order valence-corrected chi connectivity index (χ4v) is 2.71. The second-order valence-electron chi connectivity index (χ2n) is 5.23. The molecule has 0 saturated carbocycles. The van der Waals surface area contributed by atoms with Gasteiger partial charge in [-0.2, -0.15) is 0 Å². The first-order chi connectivity index (χ1) is 11.5. The third-order valence-electron chi connectivity index (χ3n) is 3.38. The highest BCUT2D eigenvalue weighted by molar-refractivity contribution is 6.36. The lowest BCUT2D eigenvalue weighted by Gasteiger charge is -2.12. The number of carbonyl (C=O) groups excluding carboxylic acids is 2. The zero-order valence-corrected chi connectivity index (χ0v) is 14.7. The van der Waals surface area contributed by atoms with Crippen LogP contribution < -0.4 is 10.6 Å². The first-order valence-electron chi connectivity index (χ1n) is 7.63. The van der Waals surface area contributed by atoms with Gasteiger partial charge in [0.2, 0.25) is 5.91 Å². The number of para-hydroxylation sites is 1. The number of halogens is 2. The molecule has 0 aliphatic heterocycles. The maximum atomic E-state index is 12.3. The second-order valence-corrected chi connectivity index (χ2v) is 6.04. The molecule has 2 aromatic carbocycles. The summed E-state index contributed by atoms with van der Waals surface area (Å²) in [6, 6.07) is 12.0. The van der Waals surface area contributed by atoms with Crippen molar-refractivity contribution < 1.29 is 9.59 Å². The minimum absolute atomic E-state index is 0.0312. The van der Waals surface area contributed by atoms with Crippen molar-refractivity contribution in [1.82, 2.24) is 5.32 Å². The maximum absolute atomic E-state index is 12.3. The van der Waals surface area contributed by atoms with Gasteiger partial charge in [-0.05, 0) is 36.2 Å². The Morgan fingerprint density at radius 3 is 2.33 bits per heavy atom. The fourth-order valence-electron chi connectivity index (χ4n) is 2.18. The minimum Gasteiger partial charge on any atom is -0.352 e. The molecule has 6 heteroatoms. The van der Waals surface area contributed by atoms with Gasteiger partial charge in [0.25, 0.3) is 5.91 Å². The van der Waals surface area contributed by atoms with Crippen LogP contribution in [-0.4, -0.2) is 18.4 Å². The van der Waals surface area contributed by atoms with Crippen LogP contribution in [0.2, 0.25) is 10.0 Å². The van der Waals surface area contributed by atoms with Crippen LogP contribution in [0.3, 0.4) is 0 Å². The van der Waals surface area contributed by atoms with E-state index in [-0.39, 0.29) is 18.2 Å². The molecular weight excluding hydrogens is 347 g/mol. The lowest BCUT2D eigenvalue weighted by Crippen LogP contribution is -2.26. The summed E-state index contributed by atoms with van der Waals surface area (Å²) in [6.45, 7) is 2.55. The standard InChI is InChI=1S/C18H18Cl2N2O2/c1-2-10-21-18(24)12-6-3-4-9-16(12)22-17(23)11-13-14(19)7-5-8-15(13)20/h3-9H,2,10-11H2,1H3,(H,21,24)(H,22,23). The maximum Gasteiger partial charge on any atom is 0.253 e. The third-order valence-corrected chi connectivity index (χ3v) is 4.09. The van der Waals surface area contributed by atoms with Crippen molar-refractivity contribution in [1.29, 1.82) is 0 Å². The van der Waals surface area contributed by atoms with E-state index < -0.39 is 0 Å². The molecule has 0 aliphatic rings. The summed E-state index contributed by atoms with van der Waals surface area (Å²) in [6.07, 6.45) is 0.870. The van der Waals surface area contributed by atoms with Gasteiger partial charge < -0.3 is 10.6 Å². The molecule has 126 valence electrons. The molecule has 0 unspecified atom stereocenters. The number of hydrogen-bond donors (Lipinski definition) is 2. The van der Waals surface area contributed by atoms with Gasteiger partial charge in [-0.1, -0.05) is 48.3 Å². The zero-order chi connectivity index (χ0) is 17.5. The minimum atomic E-state index is -0.291. The Morgan fingerprint density at radius 1 is 1.00 bits per heavy atom. The predicted molar refractivity (Wildman–Crippen MR) is 97.9 cm³/mol. The zero-order valence-electron chi connectivity index (χ0n) is 13.2. The largest absolute Gasteiger partial charge is 0.352 e. The molecule has 0 radical (unpaired) electrons. The number of amides is 2. The number of rotatable bonds is 6. The smallest absolute Gasteiger partial charge is 0.253 e. The topological polar surface area (TPSA) is 58.2 Å². The molecule has 0 aliphatic carbocycles. The van der Waals surface area contributed by atoms with E-state index in [0.29, 0.717) is 33.4 Å². The van der Waals surface area contributed by atoms with Crippen LogP contribution in [0, 0.1) is 0 Å². The summed E-state index contributed by atoms with van der Waals surface area (Å²) in [7, 11) is 0. The Labute approximate surface area is 151 Å². The third kappa shape index (κ3) is 4.73. The summed E-state index contributed by atoms with van der Waals surface area (Å²) >= 11 is 12.2. The first-order valence-corrected chi connectivity index (χ1v) is 8.38. The van der Waals surface area contributed by atoms with Gasteiger partial charge in [0.1, 0.15) is 0 Å². The number of nitrogens with one attached hydrogen (secondary N) is 2. The first kappa shape index (κ1) is 18.3. The highest BCUT2D eigenvalue weighted by Gasteiger charge is 2.15. The van der Waals surface area contributed by atoms with Gasteiger partial charge >= 0.3 is 0 Å². The Hall–Kier alpha value is -2.04. The Kier molecular flexibility index (Phi) is 6.64. The highest BCUT2D eigenvalue weighted by Crippen LogP contribution is 2.25. The molecule has 0 fully saturated rings. The average Bonchev–Trinajstić information content (AvgIpc) is 2.56. The van der Waals surface area contributed by atoms with Crippen LogP contribution in [-0.2, 0) is 11.2 Å². The van der Waals surface area contributed by atoms with Crippen LogP contribution in [0.1, 0.15) is 29.3 Å². The average molecular weight is 365 g/mol. The number of anilines is 1. The molecule has 0 heterocycles. The van der Waals surface area contributed by atoms with E-state index in [0.717, 1.165) is 6.42 Å². The number of benzene rings is 2. The van der Waals surface area contributed by atoms with Crippen molar-refractivity contribution in [2.24, 2.45) is 0 Å². The van der Waals surface area contributed by atoms with Crippen molar-refractivity contribution in [2.45, 2.75) is 19.8 Å². The molecule has 0 saturated heterocycles. The Balaban J connectivity index is 2.13. The fraction of sp³-hybridized carbons (Fsp3) is 0.222.